The minimum absolute atomic E-state index is 0.00203. The first kappa shape index (κ1) is 14.7. The molecular weight excluding hydrogens is 253 g/mol. The summed E-state index contributed by atoms with van der Waals surface area (Å²) in [5, 5.41) is 4.58. The van der Waals surface area contributed by atoms with Crippen LogP contribution >= 0.6 is 0 Å². The molecule has 20 heavy (non-hydrogen) atoms. The molecule has 108 valence electrons. The van der Waals surface area contributed by atoms with E-state index >= 15 is 0 Å². The minimum Gasteiger partial charge on any atom is -0.329 e. The van der Waals surface area contributed by atoms with Crippen molar-refractivity contribution in [2.75, 3.05) is 6.54 Å². The zero-order valence-electron chi connectivity index (χ0n) is 12.5. The summed E-state index contributed by atoms with van der Waals surface area (Å²) in [5.41, 5.74) is 9.03. The fourth-order valence-electron chi connectivity index (χ4n) is 2.30. The van der Waals surface area contributed by atoms with E-state index < -0.39 is 0 Å². The van der Waals surface area contributed by atoms with E-state index in [2.05, 4.69) is 31.9 Å². The Labute approximate surface area is 119 Å². The third kappa shape index (κ3) is 2.90. The Bertz CT molecular complexity index is 579. The molecule has 0 saturated heterocycles. The number of aryl methyl sites for hydroxylation is 1. The number of nitrogens with two attached hydrogens (primary N) is 1. The van der Waals surface area contributed by atoms with Crippen LogP contribution in [-0.2, 0) is 12.5 Å². The molecule has 1 atom stereocenters. The van der Waals surface area contributed by atoms with Gasteiger partial charge in [-0.1, -0.05) is 32.9 Å². The summed E-state index contributed by atoms with van der Waals surface area (Å²) >= 11 is 0. The van der Waals surface area contributed by atoms with Crippen molar-refractivity contribution in [1.82, 2.24) is 9.78 Å². The summed E-state index contributed by atoms with van der Waals surface area (Å²) in [6.45, 7) is 6.87. The van der Waals surface area contributed by atoms with Crippen LogP contribution in [0.3, 0.4) is 0 Å². The number of hydrogen-bond acceptors (Lipinski definition) is 2. The minimum atomic E-state index is -0.232. The molecule has 3 nitrogen and oxygen atoms in total. The molecule has 1 aromatic heterocycles. The van der Waals surface area contributed by atoms with Crippen molar-refractivity contribution in [3.8, 4) is 0 Å². The van der Waals surface area contributed by atoms with E-state index in [1.54, 1.807) is 12.1 Å². The number of rotatable bonds is 3. The second-order valence-corrected chi connectivity index (χ2v) is 6.17. The topological polar surface area (TPSA) is 43.8 Å². The molecule has 1 heterocycles. The molecule has 0 fully saturated rings. The van der Waals surface area contributed by atoms with Gasteiger partial charge in [0.1, 0.15) is 5.82 Å². The van der Waals surface area contributed by atoms with E-state index in [4.69, 9.17) is 5.73 Å². The molecule has 0 amide bonds. The Morgan fingerprint density at radius 2 is 1.85 bits per heavy atom. The Morgan fingerprint density at radius 1 is 1.25 bits per heavy atom. The Morgan fingerprint density at radius 3 is 2.30 bits per heavy atom. The van der Waals surface area contributed by atoms with Crippen LogP contribution in [0.25, 0.3) is 0 Å². The highest BCUT2D eigenvalue weighted by molar-refractivity contribution is 5.31. The molecule has 1 aromatic carbocycles. The molecule has 0 bridgehead atoms. The second-order valence-electron chi connectivity index (χ2n) is 6.17. The maximum atomic E-state index is 13.0. The summed E-state index contributed by atoms with van der Waals surface area (Å²) in [4.78, 5) is 0. The highest BCUT2D eigenvalue weighted by Crippen LogP contribution is 2.28. The van der Waals surface area contributed by atoms with Gasteiger partial charge in [0.25, 0.3) is 0 Å². The number of benzene rings is 1. The third-order valence-corrected chi connectivity index (χ3v) is 3.55. The van der Waals surface area contributed by atoms with E-state index in [0.29, 0.717) is 6.54 Å². The fourth-order valence-corrected chi connectivity index (χ4v) is 2.30. The smallest absolute Gasteiger partial charge is 0.123 e. The van der Waals surface area contributed by atoms with Crippen LogP contribution in [0.5, 0.6) is 0 Å². The number of hydrogen-bond donors (Lipinski definition) is 1. The monoisotopic (exact) mass is 275 g/mol. The van der Waals surface area contributed by atoms with Crippen LogP contribution in [0.4, 0.5) is 4.39 Å². The van der Waals surface area contributed by atoms with Gasteiger partial charge in [0.15, 0.2) is 0 Å². The van der Waals surface area contributed by atoms with Gasteiger partial charge in [-0.25, -0.2) is 4.39 Å². The van der Waals surface area contributed by atoms with Crippen LogP contribution in [0.15, 0.2) is 30.3 Å². The molecule has 0 aliphatic carbocycles. The molecule has 2 N–H and O–H groups in total. The van der Waals surface area contributed by atoms with Crippen LogP contribution < -0.4 is 5.73 Å². The van der Waals surface area contributed by atoms with E-state index in [0.717, 1.165) is 17.0 Å². The summed E-state index contributed by atoms with van der Waals surface area (Å²) in [5.74, 6) is -0.200. The van der Waals surface area contributed by atoms with Gasteiger partial charge in [-0.05, 0) is 23.8 Å². The van der Waals surface area contributed by atoms with Gasteiger partial charge in [-0.2, -0.15) is 5.10 Å². The Kier molecular flexibility index (Phi) is 3.95. The van der Waals surface area contributed by atoms with Gasteiger partial charge in [0, 0.05) is 30.6 Å². The van der Waals surface area contributed by atoms with Gasteiger partial charge in [0.05, 0.1) is 5.69 Å². The van der Waals surface area contributed by atoms with Crippen molar-refractivity contribution < 1.29 is 4.39 Å². The van der Waals surface area contributed by atoms with Crippen LogP contribution in [0.2, 0.25) is 0 Å². The van der Waals surface area contributed by atoms with Crippen molar-refractivity contribution in [1.29, 1.82) is 0 Å². The Hall–Kier alpha value is -1.68. The number of nitrogens with zero attached hydrogens (tertiary/aromatic N) is 2. The summed E-state index contributed by atoms with van der Waals surface area (Å²) < 4.78 is 14.9. The fraction of sp³-hybridized carbons (Fsp3) is 0.438. The van der Waals surface area contributed by atoms with Crippen molar-refractivity contribution >= 4 is 0 Å². The van der Waals surface area contributed by atoms with Crippen LogP contribution in [0, 0.1) is 5.82 Å². The third-order valence-electron chi connectivity index (χ3n) is 3.55. The van der Waals surface area contributed by atoms with E-state index in [1.165, 1.54) is 12.1 Å². The zero-order chi connectivity index (χ0) is 14.9. The molecular formula is C16H22FN3. The molecule has 2 aromatic rings. The number of aromatic nitrogens is 2. The first-order valence-corrected chi connectivity index (χ1v) is 6.83. The van der Waals surface area contributed by atoms with E-state index in [9.17, 15) is 4.39 Å². The lowest BCUT2D eigenvalue weighted by molar-refractivity contribution is 0.550. The van der Waals surface area contributed by atoms with Gasteiger partial charge < -0.3 is 5.73 Å². The first-order chi connectivity index (χ1) is 9.32. The lowest BCUT2D eigenvalue weighted by Crippen LogP contribution is -2.17. The van der Waals surface area contributed by atoms with Crippen molar-refractivity contribution in [3.63, 3.8) is 0 Å². The normalized spacial score (nSPS) is 13.5. The lowest BCUT2D eigenvalue weighted by atomic mass is 9.90. The lowest BCUT2D eigenvalue weighted by Gasteiger charge is -2.15. The Balaban J connectivity index is 2.42. The largest absolute Gasteiger partial charge is 0.329 e. The highest BCUT2D eigenvalue weighted by atomic mass is 19.1. The van der Waals surface area contributed by atoms with Gasteiger partial charge in [-0.15, -0.1) is 0 Å². The predicted octanol–water partition coefficient (Wildman–Crippen LogP) is 2.95. The number of halogens is 1. The van der Waals surface area contributed by atoms with E-state index in [-0.39, 0.29) is 17.2 Å². The molecule has 2 rings (SSSR count). The molecule has 0 aliphatic rings. The van der Waals surface area contributed by atoms with Crippen LogP contribution in [0.1, 0.15) is 43.6 Å². The average Bonchev–Trinajstić information content (AvgIpc) is 2.75. The van der Waals surface area contributed by atoms with Gasteiger partial charge >= 0.3 is 0 Å². The van der Waals surface area contributed by atoms with Crippen LogP contribution in [-0.4, -0.2) is 16.3 Å². The average molecular weight is 275 g/mol. The summed E-state index contributed by atoms with van der Waals surface area (Å²) in [6, 6.07) is 8.62. The first-order valence-electron chi connectivity index (χ1n) is 6.83. The SMILES string of the molecule is Cn1nc(C(C)(C)C)cc1C(CN)c1ccc(F)cc1. The molecule has 0 radical (unpaired) electrons. The quantitative estimate of drug-likeness (QED) is 0.936. The molecule has 1 unspecified atom stereocenters. The molecule has 0 spiro atoms. The molecule has 0 aliphatic heterocycles. The standard InChI is InChI=1S/C16H22FN3/c1-16(2,3)15-9-14(20(4)19-15)13(10-18)11-5-7-12(17)8-6-11/h5-9,13H,10,18H2,1-4H3. The van der Waals surface area contributed by atoms with Crippen molar-refractivity contribution in [2.45, 2.75) is 32.1 Å². The molecule has 0 saturated carbocycles. The highest BCUT2D eigenvalue weighted by Gasteiger charge is 2.23. The zero-order valence-corrected chi connectivity index (χ0v) is 12.5. The summed E-state index contributed by atoms with van der Waals surface area (Å²) in [6.07, 6.45) is 0. The summed E-state index contributed by atoms with van der Waals surface area (Å²) in [7, 11) is 1.93. The van der Waals surface area contributed by atoms with Crippen molar-refractivity contribution in [3.05, 3.63) is 53.1 Å². The predicted molar refractivity (Wildman–Crippen MR) is 79.2 cm³/mol. The second kappa shape index (κ2) is 5.37. The maximum absolute atomic E-state index is 13.0. The van der Waals surface area contributed by atoms with Gasteiger partial charge in [-0.3, -0.25) is 4.68 Å². The van der Waals surface area contributed by atoms with E-state index in [1.807, 2.05) is 11.7 Å². The van der Waals surface area contributed by atoms with Crippen molar-refractivity contribution in [2.24, 2.45) is 12.8 Å². The maximum Gasteiger partial charge on any atom is 0.123 e. The molecule has 4 heteroatoms. The van der Waals surface area contributed by atoms with Gasteiger partial charge in [0.2, 0.25) is 0 Å².